The van der Waals surface area contributed by atoms with Crippen LogP contribution in [0.5, 0.6) is 5.75 Å². The summed E-state index contributed by atoms with van der Waals surface area (Å²) >= 11 is 6.45. The molecule has 0 saturated carbocycles. The molecule has 8 unspecified atom stereocenters. The number of hydrogen-bond acceptors (Lipinski definition) is 10. The molecule has 0 aliphatic carbocycles. The first-order chi connectivity index (χ1) is 20.6. The number of benzene rings is 1. The third kappa shape index (κ3) is 6.89. The molecule has 1 aromatic carbocycles. The molecule has 1 aromatic rings. The van der Waals surface area contributed by atoms with E-state index >= 15 is 0 Å². The molecule has 13 heteroatoms. The maximum atomic E-state index is 13.7. The molecule has 44 heavy (non-hydrogen) atoms. The van der Waals surface area contributed by atoms with E-state index in [1.807, 2.05) is 19.9 Å². The highest BCUT2D eigenvalue weighted by Gasteiger charge is 2.64. The van der Waals surface area contributed by atoms with Crippen molar-refractivity contribution in [3.63, 3.8) is 0 Å². The Labute approximate surface area is 262 Å². The number of halogens is 1. The number of fused-ring (bicyclic) bond motifs is 5. The number of carbonyl (C=O) groups excluding carboxylic acids is 3. The van der Waals surface area contributed by atoms with Crippen molar-refractivity contribution in [3.05, 3.63) is 46.5 Å². The van der Waals surface area contributed by atoms with Crippen LogP contribution in [0.1, 0.15) is 46.1 Å². The van der Waals surface area contributed by atoms with Crippen molar-refractivity contribution in [2.75, 3.05) is 26.1 Å². The summed E-state index contributed by atoms with van der Waals surface area (Å²) in [5.74, 6) is -1.66. The van der Waals surface area contributed by atoms with Crippen LogP contribution in [0.25, 0.3) is 0 Å². The highest BCUT2D eigenvalue weighted by atomic mass is 35.5. The van der Waals surface area contributed by atoms with Gasteiger partial charge in [0.15, 0.2) is 5.72 Å². The Kier molecular flexibility index (Phi) is 10.0. The maximum Gasteiger partial charge on any atom is 0.409 e. The number of carbonyl (C=O) groups is 3. The highest BCUT2D eigenvalue weighted by Crippen LogP contribution is 2.49. The Morgan fingerprint density at radius 3 is 2.68 bits per heavy atom. The molecule has 4 bridgehead atoms. The lowest BCUT2D eigenvalue weighted by Crippen LogP contribution is -2.63. The van der Waals surface area contributed by atoms with Gasteiger partial charge < -0.3 is 39.4 Å². The number of esters is 1. The summed E-state index contributed by atoms with van der Waals surface area (Å²) in [6.07, 6.45) is 1.16. The molecule has 3 aliphatic rings. The molecule has 3 aliphatic heterocycles. The molecule has 0 aromatic heterocycles. The summed E-state index contributed by atoms with van der Waals surface area (Å²) in [7, 11) is 4.58. The third-order valence-electron chi connectivity index (χ3n) is 8.79. The zero-order valence-electron chi connectivity index (χ0n) is 26.0. The minimum Gasteiger partial charge on any atom is -0.506 e. The molecule has 242 valence electrons. The first kappa shape index (κ1) is 33.7. The molecule has 0 radical (unpaired) electrons. The molecule has 12 nitrogen and oxygen atoms in total. The van der Waals surface area contributed by atoms with Crippen LogP contribution in [0.4, 0.5) is 10.5 Å². The van der Waals surface area contributed by atoms with Gasteiger partial charge in [0.1, 0.15) is 40.7 Å². The van der Waals surface area contributed by atoms with Gasteiger partial charge in [-0.2, -0.15) is 0 Å². The molecular weight excluding hydrogens is 594 g/mol. The normalized spacial score (nSPS) is 35.3. The first-order valence-corrected chi connectivity index (χ1v) is 14.9. The van der Waals surface area contributed by atoms with Gasteiger partial charge in [-0.25, -0.2) is 4.79 Å². The van der Waals surface area contributed by atoms with Crippen molar-refractivity contribution < 1.29 is 43.5 Å². The topological polar surface area (TPSA) is 159 Å². The number of epoxide rings is 1. The number of allylic oxidation sites excluding steroid dienone is 3. The zero-order valence-corrected chi connectivity index (χ0v) is 26.8. The second-order valence-corrected chi connectivity index (χ2v) is 12.4. The fourth-order valence-corrected chi connectivity index (χ4v) is 6.07. The monoisotopic (exact) mass is 635 g/mol. The van der Waals surface area contributed by atoms with Crippen LogP contribution in [0.2, 0.25) is 5.02 Å². The number of nitrogens with zero attached hydrogens (tertiary/aromatic N) is 1. The number of aliphatic hydroxyl groups is 1. The van der Waals surface area contributed by atoms with E-state index in [0.717, 1.165) is 5.57 Å². The number of rotatable bonds is 4. The van der Waals surface area contributed by atoms with Crippen LogP contribution >= 0.6 is 11.6 Å². The van der Waals surface area contributed by atoms with E-state index < -0.39 is 65.7 Å². The minimum atomic E-state index is -1.79. The minimum absolute atomic E-state index is 0.00697. The van der Waals surface area contributed by atoms with Gasteiger partial charge in [0, 0.05) is 26.5 Å². The Morgan fingerprint density at radius 1 is 1.32 bits per heavy atom. The Morgan fingerprint density at radius 2 is 2.02 bits per heavy atom. The van der Waals surface area contributed by atoms with E-state index in [1.54, 1.807) is 39.1 Å². The van der Waals surface area contributed by atoms with Crippen LogP contribution < -0.4 is 15.5 Å². The number of hydrogen-bond donors (Lipinski definition) is 4. The first-order valence-electron chi connectivity index (χ1n) is 14.5. The van der Waals surface area contributed by atoms with Crippen molar-refractivity contribution >= 4 is 35.3 Å². The molecule has 4 N–H and O–H groups in total. The Balaban J connectivity index is 1.78. The van der Waals surface area contributed by atoms with E-state index in [2.05, 4.69) is 10.6 Å². The van der Waals surface area contributed by atoms with Crippen LogP contribution in [0.15, 0.2) is 35.9 Å². The van der Waals surface area contributed by atoms with Crippen LogP contribution in [-0.2, 0) is 35.0 Å². The van der Waals surface area contributed by atoms with Gasteiger partial charge in [-0.15, -0.1) is 0 Å². The largest absolute Gasteiger partial charge is 0.506 e. The summed E-state index contributed by atoms with van der Waals surface area (Å²) in [6, 6.07) is 2.59. The zero-order chi connectivity index (χ0) is 32.6. The fourth-order valence-electron chi connectivity index (χ4n) is 5.83. The van der Waals surface area contributed by atoms with Gasteiger partial charge >= 0.3 is 12.1 Å². The van der Waals surface area contributed by atoms with Gasteiger partial charge in [0.25, 0.3) is 0 Å². The summed E-state index contributed by atoms with van der Waals surface area (Å²) < 4.78 is 23.2. The van der Waals surface area contributed by atoms with Gasteiger partial charge in [0.2, 0.25) is 5.91 Å². The van der Waals surface area contributed by atoms with Gasteiger partial charge in [-0.1, -0.05) is 42.3 Å². The van der Waals surface area contributed by atoms with Gasteiger partial charge in [-0.05, 0) is 51.9 Å². The molecule has 2 saturated heterocycles. The lowest BCUT2D eigenvalue weighted by molar-refractivity contribution is -0.155. The quantitative estimate of drug-likeness (QED) is 0.286. The average molecular weight is 636 g/mol. The Hall–Kier alpha value is -3.16. The number of phenolic OH excluding ortho intramolecular Hbond substituents is 1. The molecule has 2 fully saturated rings. The van der Waals surface area contributed by atoms with Crippen molar-refractivity contribution in [2.24, 2.45) is 5.92 Å². The van der Waals surface area contributed by atoms with Crippen molar-refractivity contribution in [1.82, 2.24) is 10.6 Å². The number of ether oxygens (including phenoxy) is 4. The van der Waals surface area contributed by atoms with E-state index in [1.165, 1.54) is 25.1 Å². The molecular formula is C31H42ClN3O9. The van der Waals surface area contributed by atoms with Gasteiger partial charge in [-0.3, -0.25) is 14.9 Å². The Bertz CT molecular complexity index is 1350. The number of likely N-dealkylation sites (N-methyl/N-ethyl adjacent to an activating group) is 1. The SMILES string of the molecule is CNC(C)C(=O)OC1CC(=O)N(C)c2cc(cc(O)c2Cl)C/C(C)=C/C=C/C(OC)C2(O)CC(OC(=O)N2)C(C)C2OC12C. The second kappa shape index (κ2) is 13.1. The van der Waals surface area contributed by atoms with Crippen molar-refractivity contribution in [3.8, 4) is 5.75 Å². The summed E-state index contributed by atoms with van der Waals surface area (Å²) in [5, 5.41) is 27.5. The fraction of sp³-hybridized carbons (Fsp3) is 0.581. The lowest BCUT2D eigenvalue weighted by Gasteiger charge is -2.42. The van der Waals surface area contributed by atoms with Crippen LogP contribution in [0.3, 0.4) is 0 Å². The number of methoxy groups -OCH3 is 1. The molecule has 3 heterocycles. The summed E-state index contributed by atoms with van der Waals surface area (Å²) in [5.41, 5.74) is -1.03. The second-order valence-electron chi connectivity index (χ2n) is 12.1. The van der Waals surface area contributed by atoms with E-state index in [0.29, 0.717) is 17.7 Å². The standard InChI is InChI=1S/C31H42ClN3O9/c1-16-9-8-10-23(41-7)31(40)15-22(42-29(39)34-31)17(2)27-30(4,44-27)24(43-28(38)18(3)33-5)14-25(37)35(6)20-12-19(11-16)13-21(36)26(20)32/h8-10,12-13,17-18,22-24,27,33,36,40H,11,14-15H2,1-7H3,(H,34,39)/b10-8+,16-9+. The lowest BCUT2D eigenvalue weighted by atomic mass is 9.83. The number of amides is 2. The number of nitrogens with one attached hydrogen (secondary N) is 2. The number of phenols is 1. The number of aromatic hydroxyl groups is 1. The maximum absolute atomic E-state index is 13.7. The summed E-state index contributed by atoms with van der Waals surface area (Å²) in [6.45, 7) is 7.06. The van der Waals surface area contributed by atoms with Crippen molar-refractivity contribution in [1.29, 1.82) is 0 Å². The van der Waals surface area contributed by atoms with Crippen LogP contribution in [0, 0.1) is 5.92 Å². The summed E-state index contributed by atoms with van der Waals surface area (Å²) in [4.78, 5) is 40.6. The predicted molar refractivity (Wildman–Crippen MR) is 162 cm³/mol. The smallest absolute Gasteiger partial charge is 0.409 e. The molecule has 0 spiro atoms. The number of alkyl carbamates (subject to hydrolysis) is 1. The molecule has 2 amide bonds. The predicted octanol–water partition coefficient (Wildman–Crippen LogP) is 2.97. The van der Waals surface area contributed by atoms with Crippen LogP contribution in [-0.4, -0.2) is 91.2 Å². The molecule has 8 atom stereocenters. The average Bonchev–Trinajstić information content (AvgIpc) is 3.66. The van der Waals surface area contributed by atoms with E-state index in [-0.39, 0.29) is 23.6 Å². The van der Waals surface area contributed by atoms with E-state index in [9.17, 15) is 24.6 Å². The van der Waals surface area contributed by atoms with E-state index in [4.69, 9.17) is 30.5 Å². The highest BCUT2D eigenvalue weighted by molar-refractivity contribution is 6.35. The molecule has 4 rings (SSSR count). The number of anilines is 1. The third-order valence-corrected chi connectivity index (χ3v) is 9.18. The van der Waals surface area contributed by atoms with Gasteiger partial charge in [0.05, 0.1) is 18.2 Å². The van der Waals surface area contributed by atoms with Crippen molar-refractivity contribution in [2.45, 2.75) is 88.7 Å².